The highest BCUT2D eigenvalue weighted by Gasteiger charge is 2.57. The van der Waals surface area contributed by atoms with Crippen molar-refractivity contribution >= 4 is 22.0 Å². The van der Waals surface area contributed by atoms with Crippen LogP contribution >= 0.6 is 0 Å². The number of rotatable bonds is 6. The number of amides is 3. The van der Waals surface area contributed by atoms with Crippen LogP contribution in [0.4, 0.5) is 9.18 Å². The minimum absolute atomic E-state index is 0.0412. The number of carbonyl (C=O) groups is 2. The summed E-state index contributed by atoms with van der Waals surface area (Å²) >= 11 is 0. The second kappa shape index (κ2) is 8.14. The van der Waals surface area contributed by atoms with Gasteiger partial charge in [0, 0.05) is 6.54 Å². The third-order valence-electron chi connectivity index (χ3n) is 6.36. The van der Waals surface area contributed by atoms with Gasteiger partial charge in [0.05, 0.1) is 4.90 Å². The SMILES string of the molecule is C=CCN1C(=O)NC2(CCCC2Cc2cc(S(N)(=O)=O)ccc2-c2ccc(F)cc2)C1=O. The molecule has 2 unspecified atom stereocenters. The Kier molecular flexibility index (Phi) is 5.64. The number of carbonyl (C=O) groups excluding carboxylic acids is 2. The van der Waals surface area contributed by atoms with Crippen molar-refractivity contribution in [3.05, 3.63) is 66.5 Å². The van der Waals surface area contributed by atoms with E-state index in [0.717, 1.165) is 16.9 Å². The number of nitrogens with zero attached hydrogens (tertiary/aromatic N) is 1. The zero-order chi connectivity index (χ0) is 23.1. The molecule has 3 N–H and O–H groups in total. The first-order chi connectivity index (χ1) is 15.2. The quantitative estimate of drug-likeness (QED) is 0.513. The summed E-state index contributed by atoms with van der Waals surface area (Å²) in [6, 6.07) is 10.0. The summed E-state index contributed by atoms with van der Waals surface area (Å²) < 4.78 is 37.4. The van der Waals surface area contributed by atoms with Gasteiger partial charge in [-0.3, -0.25) is 9.69 Å². The number of benzene rings is 2. The maximum Gasteiger partial charge on any atom is 0.325 e. The van der Waals surface area contributed by atoms with Crippen molar-refractivity contribution in [2.75, 3.05) is 6.54 Å². The van der Waals surface area contributed by atoms with Crippen LogP contribution in [0.1, 0.15) is 24.8 Å². The van der Waals surface area contributed by atoms with Crippen molar-refractivity contribution in [1.82, 2.24) is 10.2 Å². The predicted molar refractivity (Wildman–Crippen MR) is 117 cm³/mol. The van der Waals surface area contributed by atoms with E-state index in [0.29, 0.717) is 30.4 Å². The highest BCUT2D eigenvalue weighted by atomic mass is 32.2. The number of nitrogens with two attached hydrogens (primary N) is 1. The number of hydrogen-bond donors (Lipinski definition) is 2. The highest BCUT2D eigenvalue weighted by molar-refractivity contribution is 7.89. The lowest BCUT2D eigenvalue weighted by atomic mass is 9.81. The summed E-state index contributed by atoms with van der Waals surface area (Å²) in [5, 5.41) is 8.24. The van der Waals surface area contributed by atoms with Crippen molar-refractivity contribution in [2.24, 2.45) is 11.1 Å². The van der Waals surface area contributed by atoms with Gasteiger partial charge in [-0.15, -0.1) is 6.58 Å². The number of hydrogen-bond acceptors (Lipinski definition) is 4. The molecular formula is C23H24FN3O4S. The van der Waals surface area contributed by atoms with Crippen LogP contribution in [0.2, 0.25) is 0 Å². The molecule has 1 saturated heterocycles. The first-order valence-corrected chi connectivity index (χ1v) is 11.9. The largest absolute Gasteiger partial charge is 0.325 e. The Bertz CT molecular complexity index is 1200. The van der Waals surface area contributed by atoms with Gasteiger partial charge < -0.3 is 5.32 Å². The smallest absolute Gasteiger partial charge is 0.323 e. The molecule has 4 rings (SSSR count). The molecule has 7 nitrogen and oxygen atoms in total. The van der Waals surface area contributed by atoms with E-state index in [4.69, 9.17) is 5.14 Å². The molecule has 32 heavy (non-hydrogen) atoms. The van der Waals surface area contributed by atoms with Gasteiger partial charge in [0.2, 0.25) is 10.0 Å². The Morgan fingerprint density at radius 2 is 1.94 bits per heavy atom. The van der Waals surface area contributed by atoms with E-state index in [1.807, 2.05) is 0 Å². The van der Waals surface area contributed by atoms with Crippen LogP contribution in [-0.4, -0.2) is 37.3 Å². The average molecular weight is 458 g/mol. The molecule has 1 spiro atoms. The summed E-state index contributed by atoms with van der Waals surface area (Å²) in [7, 11) is -3.94. The van der Waals surface area contributed by atoms with Crippen LogP contribution in [0.3, 0.4) is 0 Å². The maximum atomic E-state index is 13.4. The van der Waals surface area contributed by atoms with Gasteiger partial charge in [0.1, 0.15) is 11.4 Å². The number of halogens is 1. The van der Waals surface area contributed by atoms with Gasteiger partial charge in [0.15, 0.2) is 0 Å². The Morgan fingerprint density at radius 1 is 1.22 bits per heavy atom. The number of nitrogens with one attached hydrogen (secondary N) is 1. The van der Waals surface area contributed by atoms with E-state index in [9.17, 15) is 22.4 Å². The molecule has 1 aliphatic heterocycles. The number of urea groups is 1. The molecule has 168 valence electrons. The topological polar surface area (TPSA) is 110 Å². The summed E-state index contributed by atoms with van der Waals surface area (Å²) in [4.78, 5) is 26.8. The van der Waals surface area contributed by atoms with Gasteiger partial charge in [-0.1, -0.05) is 30.7 Å². The fraction of sp³-hybridized carbons (Fsp3) is 0.304. The van der Waals surface area contributed by atoms with Crippen molar-refractivity contribution in [3.63, 3.8) is 0 Å². The second-order valence-electron chi connectivity index (χ2n) is 8.27. The summed E-state index contributed by atoms with van der Waals surface area (Å²) in [5.41, 5.74) is 1.07. The Balaban J connectivity index is 1.75. The zero-order valence-electron chi connectivity index (χ0n) is 17.4. The lowest BCUT2D eigenvalue weighted by molar-refractivity contribution is -0.132. The van der Waals surface area contributed by atoms with E-state index in [2.05, 4.69) is 11.9 Å². The van der Waals surface area contributed by atoms with Crippen LogP contribution in [0.5, 0.6) is 0 Å². The fourth-order valence-electron chi connectivity index (χ4n) is 4.83. The molecular weight excluding hydrogens is 433 g/mol. The van der Waals surface area contributed by atoms with E-state index < -0.39 is 21.6 Å². The van der Waals surface area contributed by atoms with E-state index in [-0.39, 0.29) is 29.1 Å². The monoisotopic (exact) mass is 457 g/mol. The number of imide groups is 1. The molecule has 1 heterocycles. The molecule has 1 aliphatic carbocycles. The van der Waals surface area contributed by atoms with Crippen molar-refractivity contribution < 1.29 is 22.4 Å². The molecule has 2 aromatic carbocycles. The normalized spacial score (nSPS) is 23.1. The Hall–Kier alpha value is -3.04. The fourth-order valence-corrected chi connectivity index (χ4v) is 5.40. The molecule has 9 heteroatoms. The molecule has 0 radical (unpaired) electrons. The summed E-state index contributed by atoms with van der Waals surface area (Å²) in [6.45, 7) is 3.74. The highest BCUT2D eigenvalue weighted by Crippen LogP contribution is 2.43. The summed E-state index contributed by atoms with van der Waals surface area (Å²) in [5.74, 6) is -0.896. The van der Waals surface area contributed by atoms with Crippen molar-refractivity contribution in [3.8, 4) is 11.1 Å². The van der Waals surface area contributed by atoms with E-state index in [1.165, 1.54) is 30.3 Å². The van der Waals surface area contributed by atoms with Gasteiger partial charge in [-0.2, -0.15) is 0 Å². The molecule has 0 aromatic heterocycles. The number of primary sulfonamides is 1. The molecule has 1 saturated carbocycles. The molecule has 2 fully saturated rings. The maximum absolute atomic E-state index is 13.4. The minimum Gasteiger partial charge on any atom is -0.323 e. The van der Waals surface area contributed by atoms with Crippen LogP contribution in [0.25, 0.3) is 11.1 Å². The molecule has 2 aromatic rings. The molecule has 2 aliphatic rings. The summed E-state index contributed by atoms with van der Waals surface area (Å²) in [6.07, 6.45) is 3.80. The third kappa shape index (κ3) is 3.82. The Morgan fingerprint density at radius 3 is 2.59 bits per heavy atom. The van der Waals surface area contributed by atoms with Crippen LogP contribution < -0.4 is 10.5 Å². The second-order valence-corrected chi connectivity index (χ2v) is 9.83. The van der Waals surface area contributed by atoms with Crippen LogP contribution in [0, 0.1) is 11.7 Å². The minimum atomic E-state index is -3.94. The van der Waals surface area contributed by atoms with Crippen LogP contribution in [0.15, 0.2) is 60.0 Å². The van der Waals surface area contributed by atoms with E-state index in [1.54, 1.807) is 18.2 Å². The lowest BCUT2D eigenvalue weighted by Gasteiger charge is -2.29. The Labute approximate surface area is 186 Å². The number of sulfonamides is 1. The molecule has 3 amide bonds. The van der Waals surface area contributed by atoms with Gasteiger partial charge in [0.25, 0.3) is 5.91 Å². The lowest BCUT2D eigenvalue weighted by Crippen LogP contribution is -2.50. The van der Waals surface area contributed by atoms with Gasteiger partial charge >= 0.3 is 6.03 Å². The first-order valence-electron chi connectivity index (χ1n) is 10.3. The molecule has 2 atom stereocenters. The molecule has 0 bridgehead atoms. The standard InChI is InChI=1S/C23H24FN3O4S/c1-2-12-27-21(28)23(26-22(27)29)11-3-4-17(23)13-16-14-19(32(25,30)31)9-10-20(16)15-5-7-18(24)8-6-15/h2,5-10,14,17H,1,3-4,11-13H2,(H,26,29)(H2,25,30,31). The van der Waals surface area contributed by atoms with Crippen molar-refractivity contribution in [2.45, 2.75) is 36.1 Å². The van der Waals surface area contributed by atoms with Gasteiger partial charge in [-0.25, -0.2) is 22.7 Å². The van der Waals surface area contributed by atoms with E-state index >= 15 is 0 Å². The predicted octanol–water partition coefficient (Wildman–Crippen LogP) is 2.96. The zero-order valence-corrected chi connectivity index (χ0v) is 18.2. The van der Waals surface area contributed by atoms with Crippen molar-refractivity contribution in [1.29, 1.82) is 0 Å². The first kappa shape index (κ1) is 22.2. The average Bonchev–Trinajstić information content (AvgIpc) is 3.24. The van der Waals surface area contributed by atoms with Gasteiger partial charge in [-0.05, 0) is 66.1 Å². The van der Waals surface area contributed by atoms with Crippen LogP contribution in [-0.2, 0) is 21.2 Å². The third-order valence-corrected chi connectivity index (χ3v) is 7.27.